The molecule has 4 aromatic carbocycles. The number of amides is 2. The lowest BCUT2D eigenvalue weighted by Crippen LogP contribution is -2.56. The van der Waals surface area contributed by atoms with Crippen molar-refractivity contribution >= 4 is 66.3 Å². The van der Waals surface area contributed by atoms with Crippen LogP contribution in [0.5, 0.6) is 0 Å². The van der Waals surface area contributed by atoms with E-state index in [9.17, 15) is 27.2 Å². The third-order valence-electron chi connectivity index (χ3n) is 6.50. The summed E-state index contributed by atoms with van der Waals surface area (Å²) < 4.78 is 58.8. The molecule has 0 spiro atoms. The third-order valence-corrected chi connectivity index (χ3v) is 8.02. The van der Waals surface area contributed by atoms with Crippen molar-refractivity contribution in [3.8, 4) is 22.5 Å². The highest BCUT2D eigenvalue weighted by molar-refractivity contribution is 7.14. The first-order valence-electron chi connectivity index (χ1n) is 12.4. The van der Waals surface area contributed by atoms with E-state index in [1.54, 1.807) is 22.8 Å². The highest BCUT2D eigenvalue weighted by atomic mass is 32.1. The van der Waals surface area contributed by atoms with Gasteiger partial charge in [-0.1, -0.05) is 72.8 Å². The van der Waals surface area contributed by atoms with E-state index >= 15 is 0 Å². The quantitative estimate of drug-likeness (QED) is 0.180. The Hall–Kier alpha value is -4.68. The van der Waals surface area contributed by atoms with Crippen molar-refractivity contribution in [2.75, 3.05) is 10.6 Å². The molecule has 2 N–H and O–H groups in total. The Bertz CT molecular complexity index is 1830. The van der Waals surface area contributed by atoms with Crippen molar-refractivity contribution in [1.82, 2.24) is 9.97 Å². The van der Waals surface area contributed by atoms with Gasteiger partial charge in [-0.05, 0) is 33.7 Å². The van der Waals surface area contributed by atoms with E-state index in [0.29, 0.717) is 22.5 Å². The minimum Gasteiger partial charge on any atom is -0.296 e. The predicted molar refractivity (Wildman–Crippen MR) is 157 cm³/mol. The summed E-state index contributed by atoms with van der Waals surface area (Å²) in [5, 5.41) is 9.58. The molecule has 210 valence electrons. The van der Waals surface area contributed by atoms with E-state index in [4.69, 9.17) is 0 Å². The third kappa shape index (κ3) is 5.10. The molecule has 0 saturated carbocycles. The predicted octanol–water partition coefficient (Wildman–Crippen LogP) is 8.09. The maximum absolute atomic E-state index is 14.7. The standard InChI is InChI=1S/C30H18F4N4O2S2/c31-29(32,25(39)37-27-35-23(15-41-27)21-11-9-17-5-1-3-7-19(17)13-21)30(33,34)26(40)38-28-36-24(16-42-28)22-12-10-18-6-2-4-8-20(18)14-22/h1-16H,(H,35,37,39)(H,36,38,40). The molecule has 6 rings (SSSR count). The average molecular weight is 607 g/mol. The van der Waals surface area contributed by atoms with Gasteiger partial charge >= 0.3 is 23.7 Å². The van der Waals surface area contributed by atoms with Crippen LogP contribution in [0.15, 0.2) is 95.7 Å². The number of nitrogens with zero attached hydrogens (tertiary/aromatic N) is 2. The highest BCUT2D eigenvalue weighted by Gasteiger charge is 2.67. The van der Waals surface area contributed by atoms with Crippen molar-refractivity contribution in [3.05, 3.63) is 95.7 Å². The zero-order valence-electron chi connectivity index (χ0n) is 21.3. The molecule has 0 saturated heterocycles. The number of thiazole rings is 2. The minimum atomic E-state index is -5.38. The van der Waals surface area contributed by atoms with Crippen molar-refractivity contribution < 1.29 is 27.2 Å². The van der Waals surface area contributed by atoms with Gasteiger partial charge in [0.2, 0.25) is 0 Å². The van der Waals surface area contributed by atoms with Gasteiger partial charge in [-0.2, -0.15) is 17.6 Å². The number of carbonyl (C=O) groups is 2. The molecule has 6 nitrogen and oxygen atoms in total. The average Bonchev–Trinajstić information content (AvgIpc) is 3.66. The number of alkyl halides is 4. The van der Waals surface area contributed by atoms with Crippen LogP contribution in [-0.4, -0.2) is 33.6 Å². The molecule has 0 atom stereocenters. The number of aromatic nitrogens is 2. The zero-order valence-corrected chi connectivity index (χ0v) is 22.9. The van der Waals surface area contributed by atoms with Crippen LogP contribution in [0.25, 0.3) is 44.1 Å². The molecule has 2 aromatic heterocycles. The maximum Gasteiger partial charge on any atom is 0.396 e. The molecule has 2 amide bonds. The van der Waals surface area contributed by atoms with Crippen molar-refractivity contribution in [2.24, 2.45) is 0 Å². The number of halogens is 4. The van der Waals surface area contributed by atoms with Gasteiger partial charge in [0.05, 0.1) is 11.4 Å². The van der Waals surface area contributed by atoms with E-state index in [2.05, 4.69) is 9.97 Å². The first-order valence-corrected chi connectivity index (χ1v) is 14.2. The van der Waals surface area contributed by atoms with Gasteiger partial charge in [-0.15, -0.1) is 22.7 Å². The monoisotopic (exact) mass is 606 g/mol. The molecule has 0 fully saturated rings. The van der Waals surface area contributed by atoms with E-state index in [1.165, 1.54) is 10.8 Å². The summed E-state index contributed by atoms with van der Waals surface area (Å²) in [6.45, 7) is 0. The fourth-order valence-corrected chi connectivity index (χ4v) is 5.69. The van der Waals surface area contributed by atoms with Gasteiger partial charge in [0.25, 0.3) is 0 Å². The molecule has 0 aliphatic carbocycles. The van der Waals surface area contributed by atoms with Crippen LogP contribution in [0.2, 0.25) is 0 Å². The molecule has 0 bridgehead atoms. The van der Waals surface area contributed by atoms with Gasteiger partial charge < -0.3 is 0 Å². The highest BCUT2D eigenvalue weighted by Crippen LogP contribution is 2.38. The topological polar surface area (TPSA) is 84.0 Å². The molecule has 0 aliphatic heterocycles. The number of nitrogens with one attached hydrogen (secondary N) is 2. The first-order chi connectivity index (χ1) is 20.1. The summed E-state index contributed by atoms with van der Waals surface area (Å²) in [6.07, 6.45) is 0. The molecular weight excluding hydrogens is 588 g/mol. The Balaban J connectivity index is 1.14. The Morgan fingerprint density at radius 1 is 0.571 bits per heavy atom. The lowest BCUT2D eigenvalue weighted by Gasteiger charge is -2.23. The van der Waals surface area contributed by atoms with Crippen LogP contribution in [0.4, 0.5) is 27.8 Å². The van der Waals surface area contributed by atoms with Crippen LogP contribution < -0.4 is 10.6 Å². The van der Waals surface area contributed by atoms with Crippen LogP contribution >= 0.6 is 22.7 Å². The molecule has 0 unspecified atom stereocenters. The van der Waals surface area contributed by atoms with Gasteiger partial charge in [-0.3, -0.25) is 20.2 Å². The summed E-state index contributed by atoms with van der Waals surface area (Å²) >= 11 is 1.57. The normalized spacial score (nSPS) is 12.0. The summed E-state index contributed by atoms with van der Waals surface area (Å²) in [7, 11) is 0. The zero-order chi connectivity index (χ0) is 29.5. The van der Waals surface area contributed by atoms with Gasteiger partial charge in [0.1, 0.15) is 0 Å². The number of benzene rings is 4. The fourth-order valence-electron chi connectivity index (χ4n) is 4.26. The molecule has 0 aliphatic rings. The van der Waals surface area contributed by atoms with Crippen LogP contribution in [-0.2, 0) is 9.59 Å². The smallest absolute Gasteiger partial charge is 0.296 e. The van der Waals surface area contributed by atoms with E-state index in [1.807, 2.05) is 72.8 Å². The summed E-state index contributed by atoms with van der Waals surface area (Å²) in [5.74, 6) is -15.5. The second-order valence-electron chi connectivity index (χ2n) is 9.26. The molecule has 12 heteroatoms. The summed E-state index contributed by atoms with van der Waals surface area (Å²) in [4.78, 5) is 32.7. The molecule has 0 radical (unpaired) electrons. The molecule has 6 aromatic rings. The first kappa shape index (κ1) is 27.5. The molecule has 42 heavy (non-hydrogen) atoms. The number of anilines is 2. The number of hydrogen-bond acceptors (Lipinski definition) is 6. The second kappa shape index (κ2) is 10.6. The Labute approximate surface area is 243 Å². The summed E-state index contributed by atoms with van der Waals surface area (Å²) in [6, 6.07) is 26.0. The van der Waals surface area contributed by atoms with Gasteiger partial charge in [0, 0.05) is 21.9 Å². The number of fused-ring (bicyclic) bond motifs is 2. The maximum atomic E-state index is 14.7. The van der Waals surface area contributed by atoms with Crippen molar-refractivity contribution in [3.63, 3.8) is 0 Å². The lowest BCUT2D eigenvalue weighted by molar-refractivity contribution is -0.204. The van der Waals surface area contributed by atoms with Crippen LogP contribution in [0, 0.1) is 0 Å². The minimum absolute atomic E-state index is 0.320. The Morgan fingerprint density at radius 3 is 1.36 bits per heavy atom. The number of rotatable bonds is 7. The van der Waals surface area contributed by atoms with E-state index < -0.39 is 23.7 Å². The Kier molecular flexibility index (Phi) is 6.95. The van der Waals surface area contributed by atoms with E-state index in [-0.39, 0.29) is 10.3 Å². The van der Waals surface area contributed by atoms with Crippen molar-refractivity contribution in [2.45, 2.75) is 11.8 Å². The SMILES string of the molecule is O=C(Nc1nc(-c2ccc3ccccc3c2)cs1)C(F)(F)C(F)(F)C(=O)Nc1nc(-c2ccc3ccccc3c2)cs1. The van der Waals surface area contributed by atoms with E-state index in [0.717, 1.165) is 44.2 Å². The van der Waals surface area contributed by atoms with Gasteiger partial charge in [-0.25, -0.2) is 9.97 Å². The second-order valence-corrected chi connectivity index (χ2v) is 11.0. The van der Waals surface area contributed by atoms with Crippen LogP contribution in [0.3, 0.4) is 0 Å². The summed E-state index contributed by atoms with van der Waals surface area (Å²) in [5.41, 5.74) is 2.02. The fraction of sp³-hybridized carbons (Fsp3) is 0.0667. The number of hydrogen-bond donors (Lipinski definition) is 2. The lowest BCUT2D eigenvalue weighted by atomic mass is 10.1. The molecule has 2 heterocycles. The van der Waals surface area contributed by atoms with Gasteiger partial charge in [0.15, 0.2) is 10.3 Å². The number of carbonyl (C=O) groups excluding carboxylic acids is 2. The molecular formula is C30H18F4N4O2S2. The largest absolute Gasteiger partial charge is 0.396 e. The van der Waals surface area contributed by atoms with Crippen molar-refractivity contribution in [1.29, 1.82) is 0 Å². The Morgan fingerprint density at radius 2 is 0.952 bits per heavy atom. The van der Waals surface area contributed by atoms with Crippen LogP contribution in [0.1, 0.15) is 0 Å².